The number of urea groups is 1. The molecule has 134 valence electrons. The van der Waals surface area contributed by atoms with Crippen LogP contribution in [0.3, 0.4) is 0 Å². The molecule has 1 unspecified atom stereocenters. The van der Waals surface area contributed by atoms with Gasteiger partial charge in [0.15, 0.2) is 9.84 Å². The maximum atomic E-state index is 12.0. The number of nitrogens with zero attached hydrogens (tertiary/aromatic N) is 1. The first-order chi connectivity index (χ1) is 11.4. The fourth-order valence-electron chi connectivity index (χ4n) is 2.50. The zero-order valence-electron chi connectivity index (χ0n) is 14.0. The lowest BCUT2D eigenvalue weighted by molar-refractivity contribution is 0.192. The van der Waals surface area contributed by atoms with Crippen LogP contribution in [0.15, 0.2) is 24.3 Å². The third-order valence-electron chi connectivity index (χ3n) is 3.86. The van der Waals surface area contributed by atoms with Gasteiger partial charge in [-0.15, -0.1) is 0 Å². The molecular weight excluding hydrogens is 332 g/mol. The Hall–Kier alpha value is -1.96. The molecule has 1 heterocycles. The first kappa shape index (κ1) is 18.4. The van der Waals surface area contributed by atoms with E-state index in [0.717, 1.165) is 5.75 Å². The van der Waals surface area contributed by atoms with Gasteiger partial charge in [-0.3, -0.25) is 0 Å². The number of hydrogen-bond acceptors (Lipinski definition) is 5. The molecule has 0 bridgehead atoms. The summed E-state index contributed by atoms with van der Waals surface area (Å²) < 4.78 is 33.8. The third kappa shape index (κ3) is 5.30. The first-order valence-electron chi connectivity index (χ1n) is 7.98. The number of benzene rings is 1. The van der Waals surface area contributed by atoms with Gasteiger partial charge >= 0.3 is 6.03 Å². The number of hydrogen-bond donors (Lipinski definition) is 1. The summed E-state index contributed by atoms with van der Waals surface area (Å²) in [6, 6.07) is 6.73. The van der Waals surface area contributed by atoms with Crippen LogP contribution in [0.2, 0.25) is 0 Å². The standard InChI is InChI=1S/C16H24N2O5S/c1-3-22-14-4-6-15(7-5-14)23-10-9-17-16(19)18(2)13-8-11-24(20,21)12-13/h4-7,13H,3,8-12H2,1-2H3,(H,17,19). The zero-order chi connectivity index (χ0) is 17.6. The molecule has 1 aromatic carbocycles. The molecule has 24 heavy (non-hydrogen) atoms. The van der Waals surface area contributed by atoms with Crippen molar-refractivity contribution in [1.29, 1.82) is 0 Å². The second-order valence-electron chi connectivity index (χ2n) is 5.65. The largest absolute Gasteiger partial charge is 0.494 e. The summed E-state index contributed by atoms with van der Waals surface area (Å²) in [7, 11) is -1.38. The SMILES string of the molecule is CCOc1ccc(OCCNC(=O)N(C)C2CCS(=O)(=O)C2)cc1. The molecule has 1 aromatic rings. The molecule has 0 aromatic heterocycles. The number of carbonyl (C=O) groups excluding carboxylic acids is 1. The minimum Gasteiger partial charge on any atom is -0.494 e. The van der Waals surface area contributed by atoms with Crippen LogP contribution in [0.25, 0.3) is 0 Å². The molecule has 1 aliphatic rings. The third-order valence-corrected chi connectivity index (χ3v) is 5.61. The topological polar surface area (TPSA) is 84.9 Å². The summed E-state index contributed by atoms with van der Waals surface area (Å²) in [4.78, 5) is 13.5. The molecule has 7 nitrogen and oxygen atoms in total. The predicted octanol–water partition coefficient (Wildman–Crippen LogP) is 1.29. The Morgan fingerprint density at radius 2 is 1.88 bits per heavy atom. The maximum Gasteiger partial charge on any atom is 0.317 e. The second kappa shape index (κ2) is 8.23. The number of carbonyl (C=O) groups is 1. The Bertz CT molecular complexity index is 645. The Labute approximate surface area is 142 Å². The van der Waals surface area contributed by atoms with Crippen molar-refractivity contribution >= 4 is 15.9 Å². The average molecular weight is 356 g/mol. The summed E-state index contributed by atoms with van der Waals surface area (Å²) in [6.45, 7) is 3.21. The molecule has 2 amide bonds. The van der Waals surface area contributed by atoms with Crippen LogP contribution in [0.1, 0.15) is 13.3 Å². The van der Waals surface area contributed by atoms with Crippen LogP contribution in [0.4, 0.5) is 4.79 Å². The van der Waals surface area contributed by atoms with Crippen molar-refractivity contribution in [1.82, 2.24) is 10.2 Å². The van der Waals surface area contributed by atoms with Crippen molar-refractivity contribution in [3.05, 3.63) is 24.3 Å². The molecule has 0 saturated carbocycles. The van der Waals surface area contributed by atoms with E-state index >= 15 is 0 Å². The minimum atomic E-state index is -3.00. The number of sulfone groups is 1. The summed E-state index contributed by atoms with van der Waals surface area (Å²) in [6.07, 6.45) is 0.495. The van der Waals surface area contributed by atoms with E-state index in [0.29, 0.717) is 31.9 Å². The fourth-order valence-corrected chi connectivity index (χ4v) is 4.27. The molecule has 1 N–H and O–H groups in total. The maximum absolute atomic E-state index is 12.0. The predicted molar refractivity (Wildman–Crippen MR) is 91.3 cm³/mol. The van der Waals surface area contributed by atoms with Gasteiger partial charge in [-0.2, -0.15) is 0 Å². The number of ether oxygens (including phenoxy) is 2. The molecule has 1 saturated heterocycles. The van der Waals surface area contributed by atoms with E-state index in [1.807, 2.05) is 31.2 Å². The highest BCUT2D eigenvalue weighted by Gasteiger charge is 2.32. The van der Waals surface area contributed by atoms with Crippen molar-refractivity contribution in [2.75, 3.05) is 38.3 Å². The van der Waals surface area contributed by atoms with Gasteiger partial charge < -0.3 is 19.7 Å². The molecule has 1 aliphatic heterocycles. The van der Waals surface area contributed by atoms with Crippen LogP contribution < -0.4 is 14.8 Å². The van der Waals surface area contributed by atoms with Crippen LogP contribution in [-0.4, -0.2) is 63.7 Å². The van der Waals surface area contributed by atoms with Gasteiger partial charge in [0.1, 0.15) is 18.1 Å². The van der Waals surface area contributed by atoms with Gasteiger partial charge in [0.25, 0.3) is 0 Å². The van der Waals surface area contributed by atoms with Crippen LogP contribution >= 0.6 is 0 Å². The van der Waals surface area contributed by atoms with E-state index in [9.17, 15) is 13.2 Å². The van der Waals surface area contributed by atoms with Gasteiger partial charge in [0.05, 0.1) is 24.7 Å². The molecule has 0 radical (unpaired) electrons. The Kier molecular flexibility index (Phi) is 6.30. The summed E-state index contributed by atoms with van der Waals surface area (Å²) >= 11 is 0. The lowest BCUT2D eigenvalue weighted by atomic mass is 10.2. The quantitative estimate of drug-likeness (QED) is 0.744. The van der Waals surface area contributed by atoms with Gasteiger partial charge in [-0.1, -0.05) is 0 Å². The molecule has 1 fully saturated rings. The molecular formula is C16H24N2O5S. The fraction of sp³-hybridized carbons (Fsp3) is 0.562. The number of nitrogens with one attached hydrogen (secondary N) is 1. The number of amides is 2. The summed E-state index contributed by atoms with van der Waals surface area (Å²) in [5.41, 5.74) is 0. The van der Waals surface area contributed by atoms with E-state index in [1.54, 1.807) is 7.05 Å². The summed E-state index contributed by atoms with van der Waals surface area (Å²) in [5, 5.41) is 2.73. The van der Waals surface area contributed by atoms with Crippen molar-refractivity contribution in [3.8, 4) is 11.5 Å². The minimum absolute atomic E-state index is 0.0413. The summed E-state index contributed by atoms with van der Waals surface area (Å²) in [5.74, 6) is 1.67. The highest BCUT2D eigenvalue weighted by molar-refractivity contribution is 7.91. The Morgan fingerprint density at radius 1 is 1.25 bits per heavy atom. The van der Waals surface area contributed by atoms with E-state index in [4.69, 9.17) is 9.47 Å². The van der Waals surface area contributed by atoms with Gasteiger partial charge in [0, 0.05) is 13.1 Å². The van der Waals surface area contributed by atoms with E-state index in [1.165, 1.54) is 4.90 Å². The monoisotopic (exact) mass is 356 g/mol. The number of rotatable bonds is 7. The van der Waals surface area contributed by atoms with E-state index < -0.39 is 9.84 Å². The van der Waals surface area contributed by atoms with E-state index in [2.05, 4.69) is 5.32 Å². The first-order valence-corrected chi connectivity index (χ1v) is 9.80. The molecule has 0 spiro atoms. The van der Waals surface area contributed by atoms with Crippen molar-refractivity contribution < 1.29 is 22.7 Å². The van der Waals surface area contributed by atoms with Crippen LogP contribution in [0, 0.1) is 0 Å². The van der Waals surface area contributed by atoms with Crippen LogP contribution in [0.5, 0.6) is 11.5 Å². The highest BCUT2D eigenvalue weighted by atomic mass is 32.2. The van der Waals surface area contributed by atoms with Crippen molar-refractivity contribution in [2.45, 2.75) is 19.4 Å². The van der Waals surface area contributed by atoms with Gasteiger partial charge in [-0.25, -0.2) is 13.2 Å². The molecule has 1 atom stereocenters. The average Bonchev–Trinajstić information content (AvgIpc) is 2.92. The lowest BCUT2D eigenvalue weighted by Gasteiger charge is -2.23. The highest BCUT2D eigenvalue weighted by Crippen LogP contribution is 2.18. The molecule has 8 heteroatoms. The Morgan fingerprint density at radius 3 is 2.42 bits per heavy atom. The van der Waals surface area contributed by atoms with Crippen molar-refractivity contribution in [3.63, 3.8) is 0 Å². The molecule has 0 aliphatic carbocycles. The second-order valence-corrected chi connectivity index (χ2v) is 7.88. The van der Waals surface area contributed by atoms with Gasteiger partial charge in [0.2, 0.25) is 0 Å². The van der Waals surface area contributed by atoms with Crippen LogP contribution in [-0.2, 0) is 9.84 Å². The van der Waals surface area contributed by atoms with Crippen molar-refractivity contribution in [2.24, 2.45) is 0 Å². The molecule has 2 rings (SSSR count). The van der Waals surface area contributed by atoms with Gasteiger partial charge in [-0.05, 0) is 37.6 Å². The zero-order valence-corrected chi connectivity index (χ0v) is 14.8. The smallest absolute Gasteiger partial charge is 0.317 e. The normalized spacial score (nSPS) is 18.8. The Balaban J connectivity index is 1.69. The van der Waals surface area contributed by atoms with E-state index in [-0.39, 0.29) is 23.6 Å². The lowest BCUT2D eigenvalue weighted by Crippen LogP contribution is -2.45.